The van der Waals surface area contributed by atoms with Gasteiger partial charge in [0.1, 0.15) is 0 Å². The maximum atomic E-state index is 12.6. The molecule has 3 rings (SSSR count). The number of halogens is 1. The fraction of sp³-hybridized carbons (Fsp3) is 0.0500. The van der Waals surface area contributed by atoms with Crippen LogP contribution in [0.25, 0.3) is 0 Å². The number of rotatable bonds is 5. The topological polar surface area (TPSA) is 80.3 Å². The maximum Gasteiger partial charge on any atom is 0.339 e. The van der Waals surface area contributed by atoms with Crippen LogP contribution >= 0.6 is 11.6 Å². The van der Waals surface area contributed by atoms with E-state index >= 15 is 0 Å². The molecule has 1 aromatic heterocycles. The first-order valence-electron chi connectivity index (χ1n) is 8.04. The normalized spacial score (nSPS) is 10.1. The number of anilines is 3. The van der Waals surface area contributed by atoms with Gasteiger partial charge in [0.25, 0.3) is 5.91 Å². The van der Waals surface area contributed by atoms with Crippen molar-refractivity contribution >= 4 is 40.5 Å². The molecule has 6 nitrogen and oxygen atoms in total. The largest absolute Gasteiger partial charge is 0.465 e. The molecule has 2 aromatic carbocycles. The molecule has 0 unspecified atom stereocenters. The molecule has 0 aliphatic heterocycles. The van der Waals surface area contributed by atoms with Gasteiger partial charge in [-0.3, -0.25) is 9.78 Å². The number of pyridine rings is 1. The number of carbonyl (C=O) groups is 2. The molecule has 0 fully saturated rings. The van der Waals surface area contributed by atoms with Crippen molar-refractivity contribution in [3.8, 4) is 0 Å². The standard InChI is InChI=1S/C20H16ClN3O3/c1-27-20(26)15-6-2-4-8-17(15)24-19(25)13-10-14(12-22-11-13)23-18-9-5-3-7-16(18)21/h2-12,23H,1H3,(H,24,25). The molecule has 7 heteroatoms. The molecule has 0 atom stereocenters. The number of esters is 1. The number of methoxy groups -OCH3 is 1. The van der Waals surface area contributed by atoms with Crippen molar-refractivity contribution in [1.82, 2.24) is 4.98 Å². The summed E-state index contributed by atoms with van der Waals surface area (Å²) in [6, 6.07) is 15.5. The zero-order chi connectivity index (χ0) is 19.2. The van der Waals surface area contributed by atoms with E-state index in [0.29, 0.717) is 27.6 Å². The summed E-state index contributed by atoms with van der Waals surface area (Å²) in [5.74, 6) is -0.931. The van der Waals surface area contributed by atoms with Crippen LogP contribution in [0.4, 0.5) is 17.1 Å². The van der Waals surface area contributed by atoms with Gasteiger partial charge in [-0.2, -0.15) is 0 Å². The van der Waals surface area contributed by atoms with Gasteiger partial charge in [-0.25, -0.2) is 4.79 Å². The van der Waals surface area contributed by atoms with Crippen molar-refractivity contribution in [2.24, 2.45) is 0 Å². The van der Waals surface area contributed by atoms with E-state index in [4.69, 9.17) is 16.3 Å². The van der Waals surface area contributed by atoms with Crippen LogP contribution in [0.3, 0.4) is 0 Å². The minimum Gasteiger partial charge on any atom is -0.465 e. The number of aromatic nitrogens is 1. The van der Waals surface area contributed by atoms with Crippen LogP contribution in [0.5, 0.6) is 0 Å². The number of benzene rings is 2. The fourth-order valence-electron chi connectivity index (χ4n) is 2.43. The Hall–Kier alpha value is -3.38. The van der Waals surface area contributed by atoms with Gasteiger partial charge >= 0.3 is 5.97 Å². The second kappa shape index (κ2) is 8.33. The summed E-state index contributed by atoms with van der Waals surface area (Å²) in [4.78, 5) is 28.5. The number of ether oxygens (including phenoxy) is 1. The molecule has 27 heavy (non-hydrogen) atoms. The van der Waals surface area contributed by atoms with E-state index < -0.39 is 11.9 Å². The van der Waals surface area contributed by atoms with Gasteiger partial charge in [0.05, 0.1) is 46.5 Å². The third-order valence-electron chi connectivity index (χ3n) is 3.73. The van der Waals surface area contributed by atoms with E-state index in [-0.39, 0.29) is 5.56 Å². The molecule has 0 aliphatic rings. The highest BCUT2D eigenvalue weighted by Crippen LogP contribution is 2.25. The average molecular weight is 382 g/mol. The smallest absolute Gasteiger partial charge is 0.339 e. The van der Waals surface area contributed by atoms with Crippen molar-refractivity contribution < 1.29 is 14.3 Å². The SMILES string of the molecule is COC(=O)c1ccccc1NC(=O)c1cncc(Nc2ccccc2Cl)c1. The fourth-order valence-corrected chi connectivity index (χ4v) is 2.61. The predicted molar refractivity (Wildman–Crippen MR) is 105 cm³/mol. The number of nitrogens with zero attached hydrogens (tertiary/aromatic N) is 1. The molecule has 0 bridgehead atoms. The van der Waals surface area contributed by atoms with Crippen LogP contribution in [-0.4, -0.2) is 24.0 Å². The van der Waals surface area contributed by atoms with Gasteiger partial charge in [-0.05, 0) is 30.3 Å². The Balaban J connectivity index is 1.81. The van der Waals surface area contributed by atoms with Gasteiger partial charge in [0, 0.05) is 6.20 Å². The Morgan fingerprint density at radius 2 is 1.70 bits per heavy atom. The summed E-state index contributed by atoms with van der Waals surface area (Å²) in [5.41, 5.74) is 2.27. The Morgan fingerprint density at radius 3 is 2.44 bits per heavy atom. The monoisotopic (exact) mass is 381 g/mol. The summed E-state index contributed by atoms with van der Waals surface area (Å²) in [6.45, 7) is 0. The highest BCUT2D eigenvalue weighted by Gasteiger charge is 2.15. The Labute approximate surface area is 161 Å². The molecule has 1 heterocycles. The summed E-state index contributed by atoms with van der Waals surface area (Å²) in [6.07, 6.45) is 3.02. The van der Waals surface area contributed by atoms with Crippen LogP contribution in [0.15, 0.2) is 67.0 Å². The number of carbonyl (C=O) groups excluding carboxylic acids is 2. The second-order valence-corrected chi connectivity index (χ2v) is 5.97. The lowest BCUT2D eigenvalue weighted by Crippen LogP contribution is -2.15. The molecule has 0 aliphatic carbocycles. The molecule has 0 saturated heterocycles. The van der Waals surface area contributed by atoms with Crippen LogP contribution in [0.2, 0.25) is 5.02 Å². The van der Waals surface area contributed by atoms with E-state index in [1.165, 1.54) is 13.3 Å². The minimum atomic E-state index is -0.529. The average Bonchev–Trinajstić information content (AvgIpc) is 2.70. The van der Waals surface area contributed by atoms with Crippen molar-refractivity contribution in [1.29, 1.82) is 0 Å². The quantitative estimate of drug-likeness (QED) is 0.635. The van der Waals surface area contributed by atoms with Crippen LogP contribution < -0.4 is 10.6 Å². The lowest BCUT2D eigenvalue weighted by atomic mass is 10.1. The van der Waals surface area contributed by atoms with Gasteiger partial charge in [-0.1, -0.05) is 35.9 Å². The van der Waals surface area contributed by atoms with E-state index in [9.17, 15) is 9.59 Å². The molecule has 1 amide bonds. The number of para-hydroxylation sites is 2. The summed E-state index contributed by atoms with van der Waals surface area (Å²) < 4.78 is 4.74. The molecule has 136 valence electrons. The molecule has 0 spiro atoms. The van der Waals surface area contributed by atoms with E-state index in [0.717, 1.165) is 0 Å². The Morgan fingerprint density at radius 1 is 1.00 bits per heavy atom. The van der Waals surface area contributed by atoms with Gasteiger partial charge < -0.3 is 15.4 Å². The Kier molecular flexibility index (Phi) is 5.68. The lowest BCUT2D eigenvalue weighted by molar-refractivity contribution is 0.0602. The van der Waals surface area contributed by atoms with Crippen LogP contribution in [-0.2, 0) is 4.74 Å². The maximum absolute atomic E-state index is 12.6. The number of hydrogen-bond donors (Lipinski definition) is 2. The second-order valence-electron chi connectivity index (χ2n) is 5.56. The zero-order valence-corrected chi connectivity index (χ0v) is 15.2. The highest BCUT2D eigenvalue weighted by atomic mass is 35.5. The number of amides is 1. The van der Waals surface area contributed by atoms with Crippen molar-refractivity contribution in [3.63, 3.8) is 0 Å². The van der Waals surface area contributed by atoms with Crippen LogP contribution in [0.1, 0.15) is 20.7 Å². The van der Waals surface area contributed by atoms with E-state index in [2.05, 4.69) is 15.6 Å². The van der Waals surface area contributed by atoms with Gasteiger partial charge in [-0.15, -0.1) is 0 Å². The number of nitrogens with one attached hydrogen (secondary N) is 2. The Bertz CT molecular complexity index is 991. The zero-order valence-electron chi connectivity index (χ0n) is 14.4. The predicted octanol–water partition coefficient (Wildman–Crippen LogP) is 4.52. The number of hydrogen-bond acceptors (Lipinski definition) is 5. The first-order chi connectivity index (χ1) is 13.1. The van der Waals surface area contributed by atoms with Gasteiger partial charge in [0.2, 0.25) is 0 Å². The van der Waals surface area contributed by atoms with Gasteiger partial charge in [0.15, 0.2) is 0 Å². The summed E-state index contributed by atoms with van der Waals surface area (Å²) >= 11 is 6.14. The third kappa shape index (κ3) is 4.43. The third-order valence-corrected chi connectivity index (χ3v) is 4.06. The molecular weight excluding hydrogens is 366 g/mol. The molecule has 3 aromatic rings. The van der Waals surface area contributed by atoms with E-state index in [1.807, 2.05) is 18.2 Å². The van der Waals surface area contributed by atoms with Crippen molar-refractivity contribution in [3.05, 3.63) is 83.1 Å². The molecule has 0 radical (unpaired) electrons. The molecule has 2 N–H and O–H groups in total. The van der Waals surface area contributed by atoms with Crippen molar-refractivity contribution in [2.45, 2.75) is 0 Å². The van der Waals surface area contributed by atoms with Crippen molar-refractivity contribution in [2.75, 3.05) is 17.7 Å². The lowest BCUT2D eigenvalue weighted by Gasteiger charge is -2.11. The van der Waals surface area contributed by atoms with Crippen LogP contribution in [0, 0.1) is 0 Å². The minimum absolute atomic E-state index is 0.270. The van der Waals surface area contributed by atoms with E-state index in [1.54, 1.807) is 42.6 Å². The summed E-state index contributed by atoms with van der Waals surface area (Å²) in [5, 5.41) is 6.39. The first kappa shape index (κ1) is 18.4. The first-order valence-corrected chi connectivity index (χ1v) is 8.41. The molecular formula is C20H16ClN3O3. The summed E-state index contributed by atoms with van der Waals surface area (Å²) in [7, 11) is 1.29. The molecule has 0 saturated carbocycles. The highest BCUT2D eigenvalue weighted by molar-refractivity contribution is 6.33.